The first-order valence-corrected chi connectivity index (χ1v) is 5.44. The van der Waals surface area contributed by atoms with Crippen LogP contribution in [-0.4, -0.2) is 17.1 Å². The zero-order valence-corrected chi connectivity index (χ0v) is 9.81. The van der Waals surface area contributed by atoms with Crippen molar-refractivity contribution in [3.05, 3.63) is 36.0 Å². The molecule has 0 saturated carbocycles. The van der Waals surface area contributed by atoms with Gasteiger partial charge in [-0.25, -0.2) is 4.79 Å². The van der Waals surface area contributed by atoms with E-state index in [1.165, 1.54) is 0 Å². The molecule has 0 aliphatic carbocycles. The van der Waals surface area contributed by atoms with E-state index < -0.39 is 5.97 Å². The first-order valence-electron chi connectivity index (χ1n) is 5.44. The first-order chi connectivity index (χ1) is 8.09. The molecule has 1 aromatic carbocycles. The summed E-state index contributed by atoms with van der Waals surface area (Å²) < 4.78 is 5.12. The summed E-state index contributed by atoms with van der Waals surface area (Å²) >= 11 is 0. The molecule has 17 heavy (non-hydrogen) atoms. The number of aromatic nitrogens is 1. The fourth-order valence-electron chi connectivity index (χ4n) is 1.62. The molecule has 2 aromatic rings. The number of rotatable bonds is 2. The van der Waals surface area contributed by atoms with E-state index in [-0.39, 0.29) is 6.10 Å². The van der Waals surface area contributed by atoms with Gasteiger partial charge < -0.3 is 10.5 Å². The zero-order valence-electron chi connectivity index (χ0n) is 9.81. The smallest absolute Gasteiger partial charge is 0.340 e. The Morgan fingerprint density at radius 1 is 1.35 bits per heavy atom. The number of hydrogen-bond donors (Lipinski definition) is 1. The lowest BCUT2D eigenvalue weighted by molar-refractivity contribution is 0.0379. The highest BCUT2D eigenvalue weighted by molar-refractivity contribution is 6.03. The summed E-state index contributed by atoms with van der Waals surface area (Å²) in [7, 11) is 0. The molecule has 0 fully saturated rings. The van der Waals surface area contributed by atoms with Crippen LogP contribution in [0, 0.1) is 0 Å². The highest BCUT2D eigenvalue weighted by Crippen LogP contribution is 2.23. The lowest BCUT2D eigenvalue weighted by atomic mass is 10.1. The second-order valence-corrected chi connectivity index (χ2v) is 4.06. The van der Waals surface area contributed by atoms with E-state index in [0.717, 1.165) is 5.39 Å². The number of hydrogen-bond acceptors (Lipinski definition) is 4. The maximum absolute atomic E-state index is 11.8. The minimum absolute atomic E-state index is 0.165. The van der Waals surface area contributed by atoms with Crippen molar-refractivity contribution in [3.63, 3.8) is 0 Å². The van der Waals surface area contributed by atoms with E-state index >= 15 is 0 Å². The van der Waals surface area contributed by atoms with Crippen molar-refractivity contribution in [1.29, 1.82) is 0 Å². The summed E-state index contributed by atoms with van der Waals surface area (Å²) in [6.45, 7) is 3.60. The van der Waals surface area contributed by atoms with Crippen molar-refractivity contribution in [2.75, 3.05) is 5.73 Å². The van der Waals surface area contributed by atoms with Gasteiger partial charge in [0.25, 0.3) is 0 Å². The van der Waals surface area contributed by atoms with E-state index in [1.807, 2.05) is 18.2 Å². The fourth-order valence-corrected chi connectivity index (χ4v) is 1.62. The number of nitrogens with zero attached hydrogens (tertiary/aromatic N) is 1. The molecule has 0 aliphatic rings. The van der Waals surface area contributed by atoms with Crippen LogP contribution in [-0.2, 0) is 4.74 Å². The van der Waals surface area contributed by atoms with Gasteiger partial charge in [0.15, 0.2) is 0 Å². The molecule has 2 rings (SSSR count). The highest BCUT2D eigenvalue weighted by Gasteiger charge is 2.15. The Morgan fingerprint density at radius 2 is 2.12 bits per heavy atom. The van der Waals surface area contributed by atoms with Crippen LogP contribution in [0.1, 0.15) is 24.2 Å². The van der Waals surface area contributed by atoms with Gasteiger partial charge in [-0.2, -0.15) is 0 Å². The Balaban J connectivity index is 2.49. The Morgan fingerprint density at radius 3 is 2.82 bits per heavy atom. The summed E-state index contributed by atoms with van der Waals surface area (Å²) in [5.74, 6) is -0.412. The number of ether oxygens (including phenoxy) is 1. The lowest BCUT2D eigenvalue weighted by Gasteiger charge is -2.10. The molecule has 2 N–H and O–H groups in total. The van der Waals surface area contributed by atoms with E-state index in [1.54, 1.807) is 26.1 Å². The number of carbonyl (C=O) groups is 1. The van der Waals surface area contributed by atoms with Gasteiger partial charge in [0, 0.05) is 11.6 Å². The van der Waals surface area contributed by atoms with Gasteiger partial charge in [-0.15, -0.1) is 0 Å². The molecular formula is C13H14N2O2. The monoisotopic (exact) mass is 230 g/mol. The third-order valence-corrected chi connectivity index (χ3v) is 2.38. The summed E-state index contributed by atoms with van der Waals surface area (Å²) in [4.78, 5) is 16.0. The van der Waals surface area contributed by atoms with Gasteiger partial charge in [0.1, 0.15) is 0 Å². The maximum Gasteiger partial charge on any atom is 0.340 e. The number of benzene rings is 1. The Hall–Kier alpha value is -2.10. The molecule has 0 radical (unpaired) electrons. The highest BCUT2D eigenvalue weighted by atomic mass is 16.5. The van der Waals surface area contributed by atoms with Crippen LogP contribution in [0.15, 0.2) is 30.5 Å². The average molecular weight is 230 g/mol. The second kappa shape index (κ2) is 4.41. The fraction of sp³-hybridized carbons (Fsp3) is 0.231. The Kier molecular flexibility index (Phi) is 2.95. The number of fused-ring (bicyclic) bond motifs is 1. The molecule has 4 heteroatoms. The van der Waals surface area contributed by atoms with Gasteiger partial charge in [-0.05, 0) is 26.0 Å². The zero-order chi connectivity index (χ0) is 12.4. The molecular weight excluding hydrogens is 216 g/mol. The normalized spacial score (nSPS) is 10.8. The summed E-state index contributed by atoms with van der Waals surface area (Å²) in [6, 6.07) is 7.21. The van der Waals surface area contributed by atoms with Crippen LogP contribution >= 0.6 is 0 Å². The minimum atomic E-state index is -0.412. The Bertz CT molecular complexity index is 564. The van der Waals surface area contributed by atoms with Crippen LogP contribution in [0.2, 0.25) is 0 Å². The standard InChI is InChI=1S/C13H14N2O2/c1-8(2)17-13(16)10-6-5-9-4-3-7-15-12(9)11(10)14/h3-8H,14H2,1-2H3. The second-order valence-electron chi connectivity index (χ2n) is 4.06. The summed E-state index contributed by atoms with van der Waals surface area (Å²) in [5, 5.41) is 0.908. The van der Waals surface area contributed by atoms with Crippen molar-refractivity contribution < 1.29 is 9.53 Å². The third kappa shape index (κ3) is 2.20. The number of pyridine rings is 1. The largest absolute Gasteiger partial charge is 0.459 e. The van der Waals surface area contributed by atoms with Gasteiger partial charge in [-0.3, -0.25) is 4.98 Å². The van der Waals surface area contributed by atoms with Crippen molar-refractivity contribution in [2.24, 2.45) is 0 Å². The summed E-state index contributed by atoms with van der Waals surface area (Å²) in [5.41, 5.74) is 7.30. The number of anilines is 1. The molecule has 88 valence electrons. The third-order valence-electron chi connectivity index (χ3n) is 2.38. The number of nitrogen functional groups attached to an aromatic ring is 1. The molecule has 0 aliphatic heterocycles. The van der Waals surface area contributed by atoms with Crippen LogP contribution in [0.25, 0.3) is 10.9 Å². The van der Waals surface area contributed by atoms with Gasteiger partial charge in [0.2, 0.25) is 0 Å². The molecule has 0 atom stereocenters. The van der Waals surface area contributed by atoms with Crippen LogP contribution in [0.4, 0.5) is 5.69 Å². The quantitative estimate of drug-likeness (QED) is 0.635. The van der Waals surface area contributed by atoms with E-state index in [2.05, 4.69) is 4.98 Å². The number of carbonyl (C=O) groups excluding carboxylic acids is 1. The predicted octanol–water partition coefficient (Wildman–Crippen LogP) is 2.38. The SMILES string of the molecule is CC(C)OC(=O)c1ccc2cccnc2c1N. The van der Waals surface area contributed by atoms with Crippen LogP contribution < -0.4 is 5.73 Å². The van der Waals surface area contributed by atoms with E-state index in [4.69, 9.17) is 10.5 Å². The van der Waals surface area contributed by atoms with Gasteiger partial charge in [-0.1, -0.05) is 12.1 Å². The number of esters is 1. The Labute approximate surface area is 99.4 Å². The first kappa shape index (κ1) is 11.4. The van der Waals surface area contributed by atoms with E-state index in [9.17, 15) is 4.79 Å². The van der Waals surface area contributed by atoms with E-state index in [0.29, 0.717) is 16.8 Å². The van der Waals surface area contributed by atoms with Gasteiger partial charge in [0.05, 0.1) is 22.9 Å². The van der Waals surface area contributed by atoms with Crippen molar-refractivity contribution in [2.45, 2.75) is 20.0 Å². The minimum Gasteiger partial charge on any atom is -0.459 e. The van der Waals surface area contributed by atoms with Gasteiger partial charge >= 0.3 is 5.97 Å². The van der Waals surface area contributed by atoms with Crippen LogP contribution in [0.3, 0.4) is 0 Å². The van der Waals surface area contributed by atoms with Crippen LogP contribution in [0.5, 0.6) is 0 Å². The molecule has 0 saturated heterocycles. The molecule has 0 amide bonds. The molecule has 1 aromatic heterocycles. The molecule has 0 spiro atoms. The average Bonchev–Trinajstić information content (AvgIpc) is 2.28. The predicted molar refractivity (Wildman–Crippen MR) is 66.7 cm³/mol. The maximum atomic E-state index is 11.8. The molecule has 1 heterocycles. The van der Waals surface area contributed by atoms with Crippen molar-refractivity contribution in [3.8, 4) is 0 Å². The number of nitrogens with two attached hydrogens (primary N) is 1. The molecule has 0 bridgehead atoms. The lowest BCUT2D eigenvalue weighted by Crippen LogP contribution is -2.13. The molecule has 0 unspecified atom stereocenters. The topological polar surface area (TPSA) is 65.2 Å². The molecule has 4 nitrogen and oxygen atoms in total. The van der Waals surface area contributed by atoms with Crippen molar-refractivity contribution in [1.82, 2.24) is 4.98 Å². The summed E-state index contributed by atoms with van der Waals surface area (Å²) in [6.07, 6.45) is 1.48. The van der Waals surface area contributed by atoms with Crippen molar-refractivity contribution >= 4 is 22.6 Å².